The third-order valence-corrected chi connectivity index (χ3v) is 7.64. The summed E-state index contributed by atoms with van der Waals surface area (Å²) in [5, 5.41) is 1.69. The van der Waals surface area contributed by atoms with Crippen molar-refractivity contribution in [2.75, 3.05) is 12.4 Å². The molecule has 1 heterocycles. The molecule has 0 aliphatic heterocycles. The van der Waals surface area contributed by atoms with Crippen LogP contribution in [0.5, 0.6) is 5.88 Å². The first-order valence-corrected chi connectivity index (χ1v) is 11.8. The summed E-state index contributed by atoms with van der Waals surface area (Å²) in [5.41, 5.74) is 4.87. The number of sulfonamides is 1. The van der Waals surface area contributed by atoms with Crippen LogP contribution in [0, 0.1) is 6.92 Å². The number of amides is 2. The number of allylic oxidation sites excluding steroid dienone is 1. The zero-order chi connectivity index (χ0) is 23.0. The minimum Gasteiger partial charge on any atom is -0.481 e. The molecule has 10 heteroatoms. The summed E-state index contributed by atoms with van der Waals surface area (Å²) in [5.74, 6) is 0.411. The highest BCUT2D eigenvalue weighted by atomic mass is 32.2. The van der Waals surface area contributed by atoms with Crippen LogP contribution in [0.3, 0.4) is 0 Å². The highest BCUT2D eigenvalue weighted by Gasteiger charge is 2.38. The van der Waals surface area contributed by atoms with Gasteiger partial charge in [0.25, 0.3) is 6.08 Å². The van der Waals surface area contributed by atoms with Gasteiger partial charge in [0, 0.05) is 17.8 Å². The Kier molecular flexibility index (Phi) is 5.89. The third-order valence-electron chi connectivity index (χ3n) is 5.96. The lowest BCUT2D eigenvalue weighted by atomic mass is 9.93. The van der Waals surface area contributed by atoms with E-state index in [0.29, 0.717) is 11.6 Å². The fourth-order valence-corrected chi connectivity index (χ4v) is 5.61. The molecular formula is C22H23F2N3O4S. The Morgan fingerprint density at radius 2 is 1.97 bits per heavy atom. The highest BCUT2D eigenvalue weighted by Crippen LogP contribution is 2.41. The van der Waals surface area contributed by atoms with E-state index >= 15 is 0 Å². The summed E-state index contributed by atoms with van der Waals surface area (Å²) < 4.78 is 57.3. The van der Waals surface area contributed by atoms with Crippen LogP contribution in [-0.2, 0) is 22.9 Å². The molecule has 2 N–H and O–H groups in total. The van der Waals surface area contributed by atoms with Crippen molar-refractivity contribution < 1.29 is 26.7 Å². The van der Waals surface area contributed by atoms with Crippen LogP contribution in [-0.4, -0.2) is 31.8 Å². The second-order valence-electron chi connectivity index (χ2n) is 8.02. The van der Waals surface area contributed by atoms with E-state index < -0.39 is 27.4 Å². The Bertz CT molecular complexity index is 1220. The second kappa shape index (κ2) is 8.50. The monoisotopic (exact) mass is 463 g/mol. The zero-order valence-electron chi connectivity index (χ0n) is 17.7. The molecule has 1 aromatic heterocycles. The third kappa shape index (κ3) is 4.19. The quantitative estimate of drug-likeness (QED) is 0.688. The molecule has 0 atom stereocenters. The van der Waals surface area contributed by atoms with Crippen LogP contribution >= 0.6 is 0 Å². The molecule has 1 saturated carbocycles. The number of nitrogens with one attached hydrogen (secondary N) is 2. The number of rotatable bonds is 5. The number of aryl methyl sites for hydroxylation is 2. The van der Waals surface area contributed by atoms with Gasteiger partial charge in [0.2, 0.25) is 15.9 Å². The number of hydrogen-bond donors (Lipinski definition) is 2. The van der Waals surface area contributed by atoms with Gasteiger partial charge in [0.15, 0.2) is 0 Å². The normalized spacial score (nSPS) is 17.4. The standard InChI is InChI=1S/C22H23F2N3O4S/c1-12-8-13-4-3-5-17(13)20(19(12)14-6-7-25-18(11-14)31-2)26-22(28)27-32(29,30)16-9-15(10-16)21(23)24/h6-8,11,16H,3-5,9-10H2,1-2H3,(H2,26,27,28). The van der Waals surface area contributed by atoms with Gasteiger partial charge < -0.3 is 10.1 Å². The number of aromatic nitrogens is 1. The molecule has 0 unspecified atom stereocenters. The molecule has 2 aliphatic rings. The van der Waals surface area contributed by atoms with Crippen LogP contribution in [0.1, 0.15) is 36.0 Å². The lowest BCUT2D eigenvalue weighted by Gasteiger charge is -2.28. The summed E-state index contributed by atoms with van der Waals surface area (Å²) in [6, 6.07) is 4.71. The second-order valence-corrected chi connectivity index (χ2v) is 9.98. The Morgan fingerprint density at radius 3 is 2.66 bits per heavy atom. The molecule has 4 rings (SSSR count). The molecule has 7 nitrogen and oxygen atoms in total. The topological polar surface area (TPSA) is 97.4 Å². The van der Waals surface area contributed by atoms with E-state index in [1.54, 1.807) is 18.3 Å². The van der Waals surface area contributed by atoms with Gasteiger partial charge in [-0.3, -0.25) is 0 Å². The van der Waals surface area contributed by atoms with Crippen molar-refractivity contribution in [1.82, 2.24) is 9.71 Å². The maximum absolute atomic E-state index is 12.7. The lowest BCUT2D eigenvalue weighted by Crippen LogP contribution is -2.44. The number of hydrogen-bond acceptors (Lipinski definition) is 5. The van der Waals surface area contributed by atoms with Gasteiger partial charge >= 0.3 is 6.03 Å². The molecule has 2 aromatic rings. The van der Waals surface area contributed by atoms with Crippen LogP contribution in [0.4, 0.5) is 19.3 Å². The molecule has 2 aliphatic carbocycles. The van der Waals surface area contributed by atoms with Crippen molar-refractivity contribution in [2.24, 2.45) is 0 Å². The highest BCUT2D eigenvalue weighted by molar-refractivity contribution is 7.90. The number of anilines is 1. The number of ether oxygens (including phenoxy) is 1. The number of nitrogens with zero attached hydrogens (tertiary/aromatic N) is 1. The zero-order valence-corrected chi connectivity index (χ0v) is 18.5. The Balaban J connectivity index is 1.64. The van der Waals surface area contributed by atoms with E-state index in [1.165, 1.54) is 7.11 Å². The van der Waals surface area contributed by atoms with Gasteiger partial charge in [0.1, 0.15) is 0 Å². The number of methoxy groups -OCH3 is 1. The SMILES string of the molecule is COc1cc(-c2c(C)cc3c(c2NC(=O)NS(=O)(=O)C2CC(=C(F)F)C2)CCC3)ccn1. The molecule has 170 valence electrons. The predicted molar refractivity (Wildman–Crippen MR) is 116 cm³/mol. The van der Waals surface area contributed by atoms with Crippen LogP contribution in [0.15, 0.2) is 36.0 Å². The summed E-state index contributed by atoms with van der Waals surface area (Å²) in [4.78, 5) is 16.8. The Labute approximate surface area is 184 Å². The van der Waals surface area contributed by atoms with E-state index in [4.69, 9.17) is 4.74 Å². The maximum atomic E-state index is 12.7. The molecule has 1 aromatic carbocycles. The van der Waals surface area contributed by atoms with Crippen LogP contribution < -0.4 is 14.8 Å². The van der Waals surface area contributed by atoms with E-state index in [9.17, 15) is 22.0 Å². The number of halogens is 2. The van der Waals surface area contributed by atoms with Crippen LogP contribution in [0.2, 0.25) is 0 Å². The van der Waals surface area contributed by atoms with E-state index in [0.717, 1.165) is 47.1 Å². The van der Waals surface area contributed by atoms with Crippen molar-refractivity contribution in [3.63, 3.8) is 0 Å². The summed E-state index contributed by atoms with van der Waals surface area (Å²) >= 11 is 0. The first kappa shape index (κ1) is 22.2. The largest absolute Gasteiger partial charge is 0.481 e. The number of pyridine rings is 1. The number of carbonyl (C=O) groups is 1. The fraction of sp³-hybridized carbons (Fsp3) is 0.364. The molecule has 0 radical (unpaired) electrons. The molecule has 0 saturated heterocycles. The minimum atomic E-state index is -4.08. The summed E-state index contributed by atoms with van der Waals surface area (Å²) in [6.45, 7) is 1.92. The van der Waals surface area contributed by atoms with Crippen molar-refractivity contribution in [3.8, 4) is 17.0 Å². The molecule has 1 fully saturated rings. The molecular weight excluding hydrogens is 440 g/mol. The Hall–Kier alpha value is -3.01. The first-order chi connectivity index (χ1) is 15.2. The Morgan fingerprint density at radius 1 is 1.22 bits per heavy atom. The van der Waals surface area contributed by atoms with E-state index in [1.807, 2.05) is 11.6 Å². The smallest absolute Gasteiger partial charge is 0.332 e. The van der Waals surface area contributed by atoms with Crippen molar-refractivity contribution >= 4 is 21.7 Å². The lowest BCUT2D eigenvalue weighted by molar-refractivity contribution is 0.256. The van der Waals surface area contributed by atoms with Crippen molar-refractivity contribution in [1.29, 1.82) is 0 Å². The molecule has 0 bridgehead atoms. The van der Waals surface area contributed by atoms with Gasteiger partial charge in [-0.05, 0) is 72.9 Å². The summed E-state index contributed by atoms with van der Waals surface area (Å²) in [7, 11) is -2.57. The maximum Gasteiger partial charge on any atom is 0.332 e. The van der Waals surface area contributed by atoms with E-state index in [2.05, 4.69) is 16.4 Å². The molecule has 2 amide bonds. The first-order valence-electron chi connectivity index (χ1n) is 10.2. The van der Waals surface area contributed by atoms with Gasteiger partial charge in [-0.25, -0.2) is 22.9 Å². The number of urea groups is 1. The van der Waals surface area contributed by atoms with Crippen molar-refractivity contribution in [3.05, 3.63) is 52.7 Å². The predicted octanol–water partition coefficient (Wildman–Crippen LogP) is 4.32. The minimum absolute atomic E-state index is 0.189. The molecule has 32 heavy (non-hydrogen) atoms. The fourth-order valence-electron chi connectivity index (χ4n) is 4.30. The van der Waals surface area contributed by atoms with Crippen LogP contribution in [0.25, 0.3) is 11.1 Å². The van der Waals surface area contributed by atoms with Gasteiger partial charge in [-0.15, -0.1) is 0 Å². The number of benzene rings is 1. The van der Waals surface area contributed by atoms with Gasteiger partial charge in [-0.2, -0.15) is 8.78 Å². The average molecular weight is 464 g/mol. The van der Waals surface area contributed by atoms with E-state index in [-0.39, 0.29) is 18.4 Å². The van der Waals surface area contributed by atoms with Crippen molar-refractivity contribution in [2.45, 2.75) is 44.3 Å². The van der Waals surface area contributed by atoms with Gasteiger partial charge in [0.05, 0.1) is 18.0 Å². The van der Waals surface area contributed by atoms with Gasteiger partial charge in [-0.1, -0.05) is 6.07 Å². The molecule has 0 spiro atoms. The average Bonchev–Trinajstić information content (AvgIpc) is 3.14. The number of carbonyl (C=O) groups excluding carboxylic acids is 1. The summed E-state index contributed by atoms with van der Waals surface area (Å²) in [6.07, 6.45) is 1.75. The number of fused-ring (bicyclic) bond motifs is 1.